The van der Waals surface area contributed by atoms with E-state index < -0.39 is 17.8 Å². The summed E-state index contributed by atoms with van der Waals surface area (Å²) in [6.45, 7) is 4.26. The Morgan fingerprint density at radius 3 is 2.09 bits per heavy atom. The molecule has 32 heavy (non-hydrogen) atoms. The van der Waals surface area contributed by atoms with E-state index in [1.165, 1.54) is 18.2 Å². The Balaban J connectivity index is 0.000000352. The summed E-state index contributed by atoms with van der Waals surface area (Å²) in [5.41, 5.74) is 2.19. The van der Waals surface area contributed by atoms with Crippen molar-refractivity contribution >= 4 is 34.8 Å². The minimum absolute atomic E-state index is 0.0171. The summed E-state index contributed by atoms with van der Waals surface area (Å²) < 4.78 is 13.8. The van der Waals surface area contributed by atoms with Crippen molar-refractivity contribution in [2.75, 3.05) is 31.1 Å². The van der Waals surface area contributed by atoms with Gasteiger partial charge in [0.2, 0.25) is 0 Å². The van der Waals surface area contributed by atoms with E-state index in [0.29, 0.717) is 31.2 Å². The third kappa shape index (κ3) is 6.22. The van der Waals surface area contributed by atoms with E-state index in [2.05, 4.69) is 4.90 Å². The zero-order valence-corrected chi connectivity index (χ0v) is 19.2. The van der Waals surface area contributed by atoms with Crippen LogP contribution in [0.15, 0.2) is 72.8 Å². The molecule has 1 aliphatic rings. The van der Waals surface area contributed by atoms with E-state index in [9.17, 15) is 14.3 Å². The normalized spacial score (nSPS) is 14.4. The lowest BCUT2D eigenvalue weighted by molar-refractivity contribution is -0.141. The van der Waals surface area contributed by atoms with E-state index in [1.54, 1.807) is 11.0 Å². The summed E-state index contributed by atoms with van der Waals surface area (Å²) in [6, 6.07) is 21.0. The molecule has 4 nitrogen and oxygen atoms in total. The lowest BCUT2D eigenvalue weighted by Crippen LogP contribution is -2.50. The molecule has 0 saturated carbocycles. The number of nitrogens with zero attached hydrogens (tertiary/aromatic N) is 2. The predicted molar refractivity (Wildman–Crippen MR) is 128 cm³/mol. The highest BCUT2D eigenvalue weighted by molar-refractivity contribution is 6.30. The SMILES string of the molecule is Cc1cc(Cl)ccc1N1CCN(C(=O)C(O)c2ccccc2F)CC1.Clc1ccccc1. The van der Waals surface area contributed by atoms with Crippen LogP contribution in [0.4, 0.5) is 10.1 Å². The monoisotopic (exact) mass is 474 g/mol. The fraction of sp³-hybridized carbons (Fsp3) is 0.240. The summed E-state index contributed by atoms with van der Waals surface area (Å²) in [7, 11) is 0. The third-order valence-corrected chi connectivity index (χ3v) is 5.74. The summed E-state index contributed by atoms with van der Waals surface area (Å²) in [4.78, 5) is 16.2. The van der Waals surface area contributed by atoms with Gasteiger partial charge in [-0.05, 0) is 48.9 Å². The van der Waals surface area contributed by atoms with Crippen molar-refractivity contribution in [3.8, 4) is 0 Å². The van der Waals surface area contributed by atoms with Crippen molar-refractivity contribution in [3.63, 3.8) is 0 Å². The molecule has 168 valence electrons. The van der Waals surface area contributed by atoms with Crippen molar-refractivity contribution in [2.45, 2.75) is 13.0 Å². The summed E-state index contributed by atoms with van der Waals surface area (Å²) >= 11 is 11.5. The van der Waals surface area contributed by atoms with Gasteiger partial charge in [-0.1, -0.05) is 59.6 Å². The van der Waals surface area contributed by atoms with Gasteiger partial charge in [-0.15, -0.1) is 0 Å². The standard InChI is InChI=1S/C19H20ClFN2O2.C6H5Cl/c1-13-12-14(20)6-7-17(13)22-8-10-23(11-9-22)19(25)18(24)15-4-2-3-5-16(15)21;7-6-4-2-1-3-5-6/h2-7,12,18,24H,8-11H2,1H3;1-5H. The lowest BCUT2D eigenvalue weighted by atomic mass is 10.1. The van der Waals surface area contributed by atoms with E-state index >= 15 is 0 Å². The van der Waals surface area contributed by atoms with Crippen LogP contribution in [-0.4, -0.2) is 42.1 Å². The Morgan fingerprint density at radius 1 is 0.906 bits per heavy atom. The van der Waals surface area contributed by atoms with E-state index in [4.69, 9.17) is 23.2 Å². The first-order valence-electron chi connectivity index (χ1n) is 10.3. The number of aliphatic hydroxyl groups excluding tert-OH is 1. The van der Waals surface area contributed by atoms with Crippen LogP contribution in [0.3, 0.4) is 0 Å². The van der Waals surface area contributed by atoms with Crippen LogP contribution in [0.5, 0.6) is 0 Å². The number of anilines is 1. The van der Waals surface area contributed by atoms with Gasteiger partial charge >= 0.3 is 0 Å². The van der Waals surface area contributed by atoms with E-state index in [0.717, 1.165) is 16.3 Å². The summed E-state index contributed by atoms with van der Waals surface area (Å²) in [5.74, 6) is -1.03. The first kappa shape index (κ1) is 24.1. The molecule has 3 aromatic carbocycles. The smallest absolute Gasteiger partial charge is 0.256 e. The first-order valence-corrected chi connectivity index (χ1v) is 11.1. The molecule has 1 saturated heterocycles. The summed E-state index contributed by atoms with van der Waals surface area (Å²) in [5, 5.41) is 11.7. The van der Waals surface area contributed by atoms with Crippen molar-refractivity contribution in [1.82, 2.24) is 4.90 Å². The Hall–Kier alpha value is -2.60. The minimum Gasteiger partial charge on any atom is -0.378 e. The number of carbonyl (C=O) groups excluding carboxylic acids is 1. The molecule has 1 unspecified atom stereocenters. The highest BCUT2D eigenvalue weighted by Gasteiger charge is 2.29. The molecule has 0 aromatic heterocycles. The fourth-order valence-corrected chi connectivity index (χ4v) is 3.93. The number of hydrogen-bond donors (Lipinski definition) is 1. The molecule has 4 rings (SSSR count). The number of aryl methyl sites for hydroxylation is 1. The maximum absolute atomic E-state index is 13.8. The van der Waals surface area contributed by atoms with Gasteiger partial charge in [-0.25, -0.2) is 4.39 Å². The molecule has 7 heteroatoms. The maximum Gasteiger partial charge on any atom is 0.256 e. The third-order valence-electron chi connectivity index (χ3n) is 5.26. The lowest BCUT2D eigenvalue weighted by Gasteiger charge is -2.37. The topological polar surface area (TPSA) is 43.8 Å². The van der Waals surface area contributed by atoms with Gasteiger partial charge in [0.05, 0.1) is 0 Å². The van der Waals surface area contributed by atoms with Crippen LogP contribution in [0.1, 0.15) is 17.2 Å². The molecule has 0 spiro atoms. The van der Waals surface area contributed by atoms with Crippen molar-refractivity contribution in [3.05, 3.63) is 99.8 Å². The molecule has 1 heterocycles. The molecular formula is C25H25Cl2FN2O2. The minimum atomic E-state index is -1.47. The first-order chi connectivity index (χ1) is 15.4. The Bertz CT molecular complexity index is 1040. The number of amides is 1. The van der Waals surface area contributed by atoms with Gasteiger partial charge in [-0.3, -0.25) is 4.79 Å². The number of benzene rings is 3. The van der Waals surface area contributed by atoms with Crippen LogP contribution in [-0.2, 0) is 4.79 Å². The molecule has 0 aliphatic carbocycles. The van der Waals surface area contributed by atoms with Gasteiger partial charge in [-0.2, -0.15) is 0 Å². The maximum atomic E-state index is 13.8. The average molecular weight is 475 g/mol. The number of halogens is 3. The van der Waals surface area contributed by atoms with E-state index in [1.807, 2.05) is 55.5 Å². The predicted octanol–water partition coefficient (Wildman–Crippen LogP) is 5.51. The number of hydrogen-bond acceptors (Lipinski definition) is 3. The zero-order chi connectivity index (χ0) is 23.1. The van der Waals surface area contributed by atoms with Crippen molar-refractivity contribution in [1.29, 1.82) is 0 Å². The number of carbonyl (C=O) groups is 1. The average Bonchev–Trinajstić information content (AvgIpc) is 2.80. The Kier molecular flexibility index (Phi) is 8.51. The summed E-state index contributed by atoms with van der Waals surface area (Å²) in [6.07, 6.45) is -1.47. The van der Waals surface area contributed by atoms with Gasteiger partial charge in [0, 0.05) is 47.5 Å². The molecule has 3 aromatic rings. The molecule has 1 atom stereocenters. The van der Waals surface area contributed by atoms with Crippen molar-refractivity contribution < 1.29 is 14.3 Å². The van der Waals surface area contributed by atoms with Crippen LogP contribution < -0.4 is 4.90 Å². The van der Waals surface area contributed by atoms with Crippen LogP contribution in [0.25, 0.3) is 0 Å². The second-order valence-corrected chi connectivity index (χ2v) is 8.34. The quantitative estimate of drug-likeness (QED) is 0.544. The Labute approximate surface area is 197 Å². The highest BCUT2D eigenvalue weighted by Crippen LogP contribution is 2.26. The molecule has 1 fully saturated rings. The van der Waals surface area contributed by atoms with Crippen LogP contribution in [0, 0.1) is 12.7 Å². The fourth-order valence-electron chi connectivity index (χ4n) is 3.56. The molecule has 1 N–H and O–H groups in total. The highest BCUT2D eigenvalue weighted by atomic mass is 35.5. The van der Waals surface area contributed by atoms with Crippen LogP contribution in [0.2, 0.25) is 10.0 Å². The molecule has 1 amide bonds. The second-order valence-electron chi connectivity index (χ2n) is 7.46. The van der Waals surface area contributed by atoms with Gasteiger partial charge < -0.3 is 14.9 Å². The Morgan fingerprint density at radius 2 is 1.53 bits per heavy atom. The number of rotatable bonds is 3. The molecular weight excluding hydrogens is 450 g/mol. The van der Waals surface area contributed by atoms with E-state index in [-0.39, 0.29) is 5.56 Å². The molecule has 1 aliphatic heterocycles. The molecule has 0 bridgehead atoms. The second kappa shape index (κ2) is 11.3. The number of piperazine rings is 1. The van der Waals surface area contributed by atoms with Gasteiger partial charge in [0.1, 0.15) is 5.82 Å². The van der Waals surface area contributed by atoms with Crippen molar-refractivity contribution in [2.24, 2.45) is 0 Å². The van der Waals surface area contributed by atoms with Gasteiger partial charge in [0.15, 0.2) is 6.10 Å². The largest absolute Gasteiger partial charge is 0.378 e. The number of aliphatic hydroxyl groups is 1. The molecule has 0 radical (unpaired) electrons. The van der Waals surface area contributed by atoms with Gasteiger partial charge in [0.25, 0.3) is 5.91 Å². The van der Waals surface area contributed by atoms with Crippen LogP contribution >= 0.6 is 23.2 Å². The zero-order valence-electron chi connectivity index (χ0n) is 17.7.